The van der Waals surface area contributed by atoms with Crippen LogP contribution in [0, 0.1) is 15.3 Å². The van der Waals surface area contributed by atoms with E-state index in [1.165, 1.54) is 26.2 Å². The quantitative estimate of drug-likeness (QED) is 0.305. The Balaban J connectivity index is 0.000000180. The molecule has 0 atom stereocenters. The Labute approximate surface area is 58.3 Å². The third kappa shape index (κ3) is 10.2. The average molecular weight is 149 g/mol. The average Bonchev–Trinajstić information content (AvgIpc) is 1.90. The molecule has 0 aliphatic carbocycles. The number of rotatable bonds is 0. The van der Waals surface area contributed by atoms with E-state index in [9.17, 15) is 0 Å². The van der Waals surface area contributed by atoms with Gasteiger partial charge in [-0.2, -0.15) is 0 Å². The molecule has 0 saturated carbocycles. The summed E-state index contributed by atoms with van der Waals surface area (Å²) >= 11 is 0. The Hall–Kier alpha value is -0.880. The van der Waals surface area contributed by atoms with Crippen molar-refractivity contribution in [3.8, 4) is 0 Å². The highest BCUT2D eigenvalue weighted by atomic mass is 16.9. The lowest BCUT2D eigenvalue weighted by atomic mass is 10.4. The van der Waals surface area contributed by atoms with E-state index < -0.39 is 5.09 Å². The van der Waals surface area contributed by atoms with Crippen LogP contribution < -0.4 is 10.6 Å². The fraction of sp³-hybridized carbons (Fsp3) is 1.00. The summed E-state index contributed by atoms with van der Waals surface area (Å²) in [5.74, 6) is 0. The third-order valence-electron chi connectivity index (χ3n) is 1.05. The molecule has 3 N–H and O–H groups in total. The van der Waals surface area contributed by atoms with E-state index in [-0.39, 0.29) is 0 Å². The standard InChI is InChI=1S/C4H10N2.NO3/c1-2-6-4-3-5-1;2-1(3)4/h5-6H,1-4H2;/q;-1/p+1. The molecule has 1 fully saturated rings. The maximum atomic E-state index is 8.25. The molecule has 0 unspecified atom stereocenters. The zero-order chi connectivity index (χ0) is 7.82. The fourth-order valence-corrected chi connectivity index (χ4v) is 0.678. The lowest BCUT2D eigenvalue weighted by Gasteiger charge is -2.07. The minimum Gasteiger partial charge on any atom is -0.356 e. The summed E-state index contributed by atoms with van der Waals surface area (Å²) in [5, 5.41) is 20.3. The van der Waals surface area contributed by atoms with Crippen molar-refractivity contribution in [2.75, 3.05) is 26.2 Å². The SMILES string of the molecule is C1C[NH2+]CCN1.O=[N+]([O-])[O-]. The van der Waals surface area contributed by atoms with E-state index in [0.717, 1.165) is 0 Å². The molecule has 0 radical (unpaired) electrons. The van der Waals surface area contributed by atoms with Crippen molar-refractivity contribution >= 4 is 0 Å². The van der Waals surface area contributed by atoms with Crippen LogP contribution in [0.5, 0.6) is 0 Å². The van der Waals surface area contributed by atoms with Crippen LogP contribution in [-0.4, -0.2) is 31.3 Å². The molecule has 0 spiro atoms. The summed E-state index contributed by atoms with van der Waals surface area (Å²) in [6, 6.07) is 0. The highest BCUT2D eigenvalue weighted by Gasteiger charge is 1.95. The van der Waals surface area contributed by atoms with Crippen LogP contribution in [-0.2, 0) is 0 Å². The van der Waals surface area contributed by atoms with Gasteiger partial charge >= 0.3 is 0 Å². The summed E-state index contributed by atoms with van der Waals surface area (Å²) in [6.45, 7) is 4.92. The molecule has 10 heavy (non-hydrogen) atoms. The maximum Gasteiger partial charge on any atom is 0.0882 e. The van der Waals surface area contributed by atoms with Crippen LogP contribution >= 0.6 is 0 Å². The second-order valence-corrected chi connectivity index (χ2v) is 1.84. The summed E-state index contributed by atoms with van der Waals surface area (Å²) in [5.41, 5.74) is 0. The molecule has 0 aromatic heterocycles. The minimum atomic E-state index is -1.75. The van der Waals surface area contributed by atoms with E-state index in [4.69, 9.17) is 15.3 Å². The van der Waals surface area contributed by atoms with Crippen LogP contribution in [0.15, 0.2) is 0 Å². The van der Waals surface area contributed by atoms with Gasteiger partial charge in [0.25, 0.3) is 0 Å². The lowest BCUT2D eigenvalue weighted by molar-refractivity contribution is -0.657. The first kappa shape index (κ1) is 9.12. The number of piperazine rings is 1. The van der Waals surface area contributed by atoms with Gasteiger partial charge in [-0.1, -0.05) is 0 Å². The van der Waals surface area contributed by atoms with Crippen LogP contribution in [0.2, 0.25) is 0 Å². The molecule has 1 aliphatic rings. The van der Waals surface area contributed by atoms with Crippen molar-refractivity contribution in [2.45, 2.75) is 0 Å². The number of quaternary nitrogens is 1. The first-order valence-corrected chi connectivity index (χ1v) is 3.07. The molecule has 0 bridgehead atoms. The molecule has 0 aromatic rings. The molecule has 0 amide bonds. The van der Waals surface area contributed by atoms with Gasteiger partial charge < -0.3 is 26.0 Å². The smallest absolute Gasteiger partial charge is 0.0882 e. The van der Waals surface area contributed by atoms with Gasteiger partial charge in [-0.3, -0.25) is 0 Å². The van der Waals surface area contributed by atoms with Gasteiger partial charge in [0, 0.05) is 13.1 Å². The molecule has 6 heteroatoms. The maximum absolute atomic E-state index is 8.25. The molecule has 1 aliphatic heterocycles. The van der Waals surface area contributed by atoms with Crippen molar-refractivity contribution in [2.24, 2.45) is 0 Å². The van der Waals surface area contributed by atoms with Gasteiger partial charge in [-0.05, 0) is 0 Å². The summed E-state index contributed by atoms with van der Waals surface area (Å²) in [4.78, 5) is 8.25. The van der Waals surface area contributed by atoms with E-state index in [1.807, 2.05) is 0 Å². The molecule has 1 rings (SSSR count). The molecule has 0 aromatic carbocycles. The largest absolute Gasteiger partial charge is 0.356 e. The normalized spacial score (nSPS) is 16.8. The Morgan fingerprint density at radius 3 is 1.80 bits per heavy atom. The number of hydrogen-bond acceptors (Lipinski definition) is 4. The van der Waals surface area contributed by atoms with Gasteiger partial charge in [-0.15, -0.1) is 0 Å². The first-order valence-electron chi connectivity index (χ1n) is 3.07. The Morgan fingerprint density at radius 1 is 1.30 bits per heavy atom. The first-order chi connectivity index (χ1) is 4.73. The minimum absolute atomic E-state index is 1.19. The summed E-state index contributed by atoms with van der Waals surface area (Å²) in [6.07, 6.45) is 0. The Morgan fingerprint density at radius 2 is 1.70 bits per heavy atom. The highest BCUT2D eigenvalue weighted by Crippen LogP contribution is 1.54. The van der Waals surface area contributed by atoms with Crippen molar-refractivity contribution in [3.63, 3.8) is 0 Å². The van der Waals surface area contributed by atoms with Gasteiger partial charge in [0.2, 0.25) is 0 Å². The van der Waals surface area contributed by atoms with Gasteiger partial charge in [0.15, 0.2) is 0 Å². The fourth-order valence-electron chi connectivity index (χ4n) is 0.678. The Bertz CT molecular complexity index is 78.2. The number of nitrogens with zero attached hydrogens (tertiary/aromatic N) is 1. The predicted molar refractivity (Wildman–Crippen MR) is 34.9 cm³/mol. The molecule has 60 valence electrons. The second-order valence-electron chi connectivity index (χ2n) is 1.84. The van der Waals surface area contributed by atoms with Crippen molar-refractivity contribution in [3.05, 3.63) is 15.3 Å². The summed E-state index contributed by atoms with van der Waals surface area (Å²) in [7, 11) is 0. The summed E-state index contributed by atoms with van der Waals surface area (Å²) < 4.78 is 0. The number of nitrogens with two attached hydrogens (primary N) is 1. The van der Waals surface area contributed by atoms with Crippen LogP contribution in [0.4, 0.5) is 0 Å². The van der Waals surface area contributed by atoms with E-state index in [0.29, 0.717) is 0 Å². The third-order valence-corrected chi connectivity index (χ3v) is 1.05. The van der Waals surface area contributed by atoms with E-state index in [1.54, 1.807) is 0 Å². The van der Waals surface area contributed by atoms with Crippen LogP contribution in [0.25, 0.3) is 0 Å². The van der Waals surface area contributed by atoms with E-state index in [2.05, 4.69) is 10.6 Å². The second kappa shape index (κ2) is 6.24. The molecular weight excluding hydrogens is 138 g/mol. The number of hydrogen-bond donors (Lipinski definition) is 2. The van der Waals surface area contributed by atoms with Gasteiger partial charge in [0.05, 0.1) is 18.2 Å². The monoisotopic (exact) mass is 149 g/mol. The van der Waals surface area contributed by atoms with Gasteiger partial charge in [0.1, 0.15) is 0 Å². The lowest BCUT2D eigenvalue weighted by Crippen LogP contribution is -2.89. The van der Waals surface area contributed by atoms with Crippen molar-refractivity contribution in [1.29, 1.82) is 0 Å². The zero-order valence-electron chi connectivity index (χ0n) is 5.58. The predicted octanol–water partition coefficient (Wildman–Crippen LogP) is -2.09. The molecule has 6 nitrogen and oxygen atoms in total. The van der Waals surface area contributed by atoms with Crippen LogP contribution in [0.1, 0.15) is 0 Å². The number of nitrogens with one attached hydrogen (secondary N) is 1. The highest BCUT2D eigenvalue weighted by molar-refractivity contribution is 4.44. The van der Waals surface area contributed by atoms with Crippen molar-refractivity contribution in [1.82, 2.24) is 5.32 Å². The van der Waals surface area contributed by atoms with Crippen LogP contribution in [0.3, 0.4) is 0 Å². The van der Waals surface area contributed by atoms with Gasteiger partial charge in [-0.25, -0.2) is 0 Å². The Kier molecular flexibility index (Phi) is 5.69. The molecule has 1 heterocycles. The van der Waals surface area contributed by atoms with E-state index >= 15 is 0 Å². The molecule has 1 saturated heterocycles. The topological polar surface area (TPSA) is 94.8 Å². The molecular formula is C4H11N3O3. The zero-order valence-corrected chi connectivity index (χ0v) is 5.58. The van der Waals surface area contributed by atoms with Crippen molar-refractivity contribution < 1.29 is 10.4 Å².